The van der Waals surface area contributed by atoms with Crippen LogP contribution in [0, 0.1) is 5.82 Å². The van der Waals surface area contributed by atoms with Gasteiger partial charge in [-0.15, -0.1) is 0 Å². The highest BCUT2D eigenvalue weighted by atomic mass is 19.1. The first-order valence-electron chi connectivity index (χ1n) is 9.04. The number of carbonyl (C=O) groups excluding carboxylic acids is 1. The number of benzene rings is 2. The van der Waals surface area contributed by atoms with Gasteiger partial charge in [0.1, 0.15) is 11.6 Å². The van der Waals surface area contributed by atoms with Crippen LogP contribution in [0.25, 0.3) is 11.1 Å². The molecule has 4 rings (SSSR count). The number of amides is 1. The normalized spacial score (nSPS) is 14.0. The molecule has 1 fully saturated rings. The molecule has 3 aromatic rings. The van der Waals surface area contributed by atoms with Crippen LogP contribution in [0.2, 0.25) is 0 Å². The Bertz CT molecular complexity index is 942. The van der Waals surface area contributed by atoms with E-state index in [9.17, 15) is 9.18 Å². The number of hydrogen-bond acceptors (Lipinski definition) is 5. The molecule has 1 aliphatic rings. The van der Waals surface area contributed by atoms with Crippen molar-refractivity contribution in [1.82, 2.24) is 14.9 Å². The third kappa shape index (κ3) is 3.93. The zero-order valence-electron chi connectivity index (χ0n) is 15.2. The minimum Gasteiger partial charge on any atom is -0.410 e. The van der Waals surface area contributed by atoms with Crippen LogP contribution in [-0.2, 0) is 0 Å². The van der Waals surface area contributed by atoms with Gasteiger partial charge in [-0.2, -0.15) is 0 Å². The molecule has 0 aliphatic carbocycles. The molecule has 1 amide bonds. The summed E-state index contributed by atoms with van der Waals surface area (Å²) in [5.74, 6) is 0.794. The SMILES string of the molecule is O=C(Oc1ccccc1)N1CCN(c2ncc(-c3ccccc3F)cn2)CC1. The molecule has 28 heavy (non-hydrogen) atoms. The van der Waals surface area contributed by atoms with E-state index in [1.807, 2.05) is 23.1 Å². The van der Waals surface area contributed by atoms with Gasteiger partial charge < -0.3 is 14.5 Å². The van der Waals surface area contributed by atoms with Gasteiger partial charge in [0.05, 0.1) is 0 Å². The second-order valence-electron chi connectivity index (χ2n) is 6.41. The molecule has 0 saturated carbocycles. The molecule has 2 aromatic carbocycles. The topological polar surface area (TPSA) is 58.6 Å². The lowest BCUT2D eigenvalue weighted by molar-refractivity contribution is 0.149. The Kier molecular flexibility index (Phi) is 5.14. The molecular formula is C21H19FN4O2. The van der Waals surface area contributed by atoms with Gasteiger partial charge in [0.2, 0.25) is 5.95 Å². The van der Waals surface area contributed by atoms with Gasteiger partial charge in [-0.25, -0.2) is 19.2 Å². The number of para-hydroxylation sites is 1. The average molecular weight is 378 g/mol. The van der Waals surface area contributed by atoms with Crippen molar-refractivity contribution in [1.29, 1.82) is 0 Å². The summed E-state index contributed by atoms with van der Waals surface area (Å²) >= 11 is 0. The van der Waals surface area contributed by atoms with Gasteiger partial charge in [0, 0.05) is 49.7 Å². The Balaban J connectivity index is 1.36. The van der Waals surface area contributed by atoms with E-state index in [0.717, 1.165) is 0 Å². The highest BCUT2D eigenvalue weighted by Crippen LogP contribution is 2.22. The van der Waals surface area contributed by atoms with Crippen LogP contribution < -0.4 is 9.64 Å². The summed E-state index contributed by atoms with van der Waals surface area (Å²) in [6.07, 6.45) is 2.88. The van der Waals surface area contributed by atoms with Gasteiger partial charge in [-0.3, -0.25) is 0 Å². The first-order chi connectivity index (χ1) is 13.7. The molecule has 142 valence electrons. The number of hydrogen-bond donors (Lipinski definition) is 0. The van der Waals surface area contributed by atoms with E-state index in [0.29, 0.717) is 49.0 Å². The zero-order chi connectivity index (χ0) is 19.3. The standard InChI is InChI=1S/C21H19FN4O2/c22-19-9-5-4-8-18(19)16-14-23-20(24-15-16)25-10-12-26(13-11-25)21(27)28-17-6-2-1-3-7-17/h1-9,14-15H,10-13H2. The minimum absolute atomic E-state index is 0.301. The predicted octanol–water partition coefficient (Wildman–Crippen LogP) is 3.60. The van der Waals surface area contributed by atoms with E-state index in [1.165, 1.54) is 6.07 Å². The highest BCUT2D eigenvalue weighted by Gasteiger charge is 2.24. The van der Waals surface area contributed by atoms with Crippen LogP contribution in [0.1, 0.15) is 0 Å². The van der Waals surface area contributed by atoms with Crippen molar-refractivity contribution >= 4 is 12.0 Å². The van der Waals surface area contributed by atoms with Crippen molar-refractivity contribution in [2.45, 2.75) is 0 Å². The molecule has 0 N–H and O–H groups in total. The van der Waals surface area contributed by atoms with E-state index in [4.69, 9.17) is 4.74 Å². The second kappa shape index (κ2) is 8.04. The summed E-state index contributed by atoms with van der Waals surface area (Å²) < 4.78 is 19.3. The smallest absolute Gasteiger partial charge is 0.410 e. The Hall–Kier alpha value is -3.48. The van der Waals surface area contributed by atoms with Gasteiger partial charge in [-0.1, -0.05) is 36.4 Å². The Morgan fingerprint density at radius 2 is 1.54 bits per heavy atom. The minimum atomic E-state index is -0.360. The van der Waals surface area contributed by atoms with Crippen molar-refractivity contribution in [3.05, 3.63) is 72.8 Å². The molecule has 1 aliphatic heterocycles. The lowest BCUT2D eigenvalue weighted by Crippen LogP contribution is -2.50. The fourth-order valence-corrected chi connectivity index (χ4v) is 3.06. The summed E-state index contributed by atoms with van der Waals surface area (Å²) in [6.45, 7) is 2.24. The molecule has 0 radical (unpaired) electrons. The van der Waals surface area contributed by atoms with Crippen LogP contribution >= 0.6 is 0 Å². The summed E-state index contributed by atoms with van der Waals surface area (Å²) in [6, 6.07) is 15.6. The maximum Gasteiger partial charge on any atom is 0.415 e. The van der Waals surface area contributed by atoms with Crippen molar-refractivity contribution in [3.8, 4) is 16.9 Å². The molecule has 0 unspecified atom stereocenters. The van der Waals surface area contributed by atoms with Crippen molar-refractivity contribution in [2.24, 2.45) is 0 Å². The fourth-order valence-electron chi connectivity index (χ4n) is 3.06. The van der Waals surface area contributed by atoms with Gasteiger partial charge in [0.25, 0.3) is 0 Å². The molecule has 1 aromatic heterocycles. The molecule has 2 heterocycles. The summed E-state index contributed by atoms with van der Waals surface area (Å²) in [5.41, 5.74) is 1.11. The number of ether oxygens (including phenoxy) is 1. The summed E-state index contributed by atoms with van der Waals surface area (Å²) in [4.78, 5) is 24.7. The molecule has 7 heteroatoms. The predicted molar refractivity (Wildman–Crippen MR) is 104 cm³/mol. The zero-order valence-corrected chi connectivity index (χ0v) is 15.2. The number of rotatable bonds is 3. The number of carbonyl (C=O) groups is 1. The van der Waals surface area contributed by atoms with Crippen LogP contribution in [0.15, 0.2) is 67.0 Å². The quantitative estimate of drug-likeness (QED) is 0.697. The monoisotopic (exact) mass is 378 g/mol. The molecule has 1 saturated heterocycles. The Labute approximate surface area is 162 Å². The number of halogens is 1. The van der Waals surface area contributed by atoms with Crippen molar-refractivity contribution < 1.29 is 13.9 Å². The Morgan fingerprint density at radius 3 is 2.21 bits per heavy atom. The third-order valence-electron chi connectivity index (χ3n) is 4.59. The van der Waals surface area contributed by atoms with Crippen LogP contribution in [0.3, 0.4) is 0 Å². The first-order valence-corrected chi connectivity index (χ1v) is 9.04. The number of aromatic nitrogens is 2. The second-order valence-corrected chi connectivity index (χ2v) is 6.41. The average Bonchev–Trinajstić information content (AvgIpc) is 2.75. The fraction of sp³-hybridized carbons (Fsp3) is 0.190. The lowest BCUT2D eigenvalue weighted by Gasteiger charge is -2.34. The molecule has 0 bridgehead atoms. The number of piperazine rings is 1. The molecule has 0 atom stereocenters. The van der Waals surface area contributed by atoms with E-state index >= 15 is 0 Å². The largest absolute Gasteiger partial charge is 0.415 e. The molecular weight excluding hydrogens is 359 g/mol. The van der Waals surface area contributed by atoms with Crippen molar-refractivity contribution in [3.63, 3.8) is 0 Å². The van der Waals surface area contributed by atoms with Gasteiger partial charge in [0.15, 0.2) is 0 Å². The number of nitrogens with zero attached hydrogens (tertiary/aromatic N) is 4. The summed E-state index contributed by atoms with van der Waals surface area (Å²) in [7, 11) is 0. The molecule has 6 nitrogen and oxygen atoms in total. The maximum absolute atomic E-state index is 13.9. The van der Waals surface area contributed by atoms with E-state index < -0.39 is 0 Å². The van der Waals surface area contributed by atoms with Gasteiger partial charge >= 0.3 is 6.09 Å². The van der Waals surface area contributed by atoms with E-state index in [2.05, 4.69) is 9.97 Å². The van der Waals surface area contributed by atoms with Gasteiger partial charge in [-0.05, 0) is 18.2 Å². The maximum atomic E-state index is 13.9. The van der Waals surface area contributed by atoms with E-state index in [1.54, 1.807) is 47.6 Å². The van der Waals surface area contributed by atoms with E-state index in [-0.39, 0.29) is 11.9 Å². The number of anilines is 1. The first kappa shape index (κ1) is 17.9. The third-order valence-corrected chi connectivity index (χ3v) is 4.59. The van der Waals surface area contributed by atoms with Crippen LogP contribution in [0.5, 0.6) is 5.75 Å². The Morgan fingerprint density at radius 1 is 0.893 bits per heavy atom. The van der Waals surface area contributed by atoms with Crippen molar-refractivity contribution in [2.75, 3.05) is 31.1 Å². The lowest BCUT2D eigenvalue weighted by atomic mass is 10.1. The highest BCUT2D eigenvalue weighted by molar-refractivity contribution is 5.71. The summed E-state index contributed by atoms with van der Waals surface area (Å²) in [5, 5.41) is 0. The van der Waals surface area contributed by atoms with Crippen LogP contribution in [0.4, 0.5) is 15.1 Å². The van der Waals surface area contributed by atoms with Crippen LogP contribution in [-0.4, -0.2) is 47.1 Å². The molecule has 0 spiro atoms.